The van der Waals surface area contributed by atoms with Crippen LogP contribution in [0.15, 0.2) is 48.7 Å². The summed E-state index contributed by atoms with van der Waals surface area (Å²) >= 11 is 0. The van der Waals surface area contributed by atoms with Crippen LogP contribution in [-0.4, -0.2) is 10.1 Å². The van der Waals surface area contributed by atoms with Crippen LogP contribution in [0.2, 0.25) is 0 Å². The van der Waals surface area contributed by atoms with E-state index >= 15 is 0 Å². The van der Waals surface area contributed by atoms with Gasteiger partial charge in [-0.2, -0.15) is 0 Å². The van der Waals surface area contributed by atoms with E-state index in [1.54, 1.807) is 6.20 Å². The first-order chi connectivity index (χ1) is 9.29. The molecule has 2 nitrogen and oxygen atoms in total. The Morgan fingerprint density at radius 3 is 2.74 bits per heavy atom. The van der Waals surface area contributed by atoms with Gasteiger partial charge in [0.25, 0.3) is 0 Å². The van der Waals surface area contributed by atoms with Crippen LogP contribution in [0.4, 0.5) is 0 Å². The van der Waals surface area contributed by atoms with E-state index in [4.69, 9.17) is 0 Å². The van der Waals surface area contributed by atoms with Gasteiger partial charge >= 0.3 is 0 Å². The first-order valence-corrected chi connectivity index (χ1v) is 6.96. The molecular formula is C17H21NO. The van der Waals surface area contributed by atoms with Crippen molar-refractivity contribution in [3.63, 3.8) is 0 Å². The molecule has 2 rings (SSSR count). The first-order valence-electron chi connectivity index (χ1n) is 6.96. The molecule has 1 heterocycles. The zero-order chi connectivity index (χ0) is 13.5. The molecule has 100 valence electrons. The van der Waals surface area contributed by atoms with Crippen LogP contribution in [0.3, 0.4) is 0 Å². The van der Waals surface area contributed by atoms with Gasteiger partial charge in [-0.1, -0.05) is 43.7 Å². The van der Waals surface area contributed by atoms with Crippen molar-refractivity contribution in [1.29, 1.82) is 0 Å². The molecule has 1 unspecified atom stereocenters. The first kappa shape index (κ1) is 13.8. The summed E-state index contributed by atoms with van der Waals surface area (Å²) in [5.41, 5.74) is 3.35. The van der Waals surface area contributed by atoms with Crippen molar-refractivity contribution in [2.45, 2.75) is 38.7 Å². The monoisotopic (exact) mass is 255 g/mol. The zero-order valence-corrected chi connectivity index (χ0v) is 11.4. The van der Waals surface area contributed by atoms with Crippen molar-refractivity contribution in [2.75, 3.05) is 0 Å². The number of aliphatic hydroxyl groups is 1. The van der Waals surface area contributed by atoms with Gasteiger partial charge in [0.1, 0.15) is 0 Å². The van der Waals surface area contributed by atoms with Crippen LogP contribution in [-0.2, 0) is 12.8 Å². The molecule has 0 amide bonds. The Bertz CT molecular complexity index is 496. The topological polar surface area (TPSA) is 33.1 Å². The second-order valence-electron chi connectivity index (χ2n) is 4.87. The normalized spacial score (nSPS) is 12.3. The van der Waals surface area contributed by atoms with Gasteiger partial charge in [0.15, 0.2) is 0 Å². The molecule has 1 aromatic carbocycles. The highest BCUT2D eigenvalue weighted by Crippen LogP contribution is 2.20. The van der Waals surface area contributed by atoms with E-state index in [0.29, 0.717) is 6.42 Å². The maximum atomic E-state index is 10.2. The molecular weight excluding hydrogens is 234 g/mol. The van der Waals surface area contributed by atoms with Gasteiger partial charge < -0.3 is 5.11 Å². The summed E-state index contributed by atoms with van der Waals surface area (Å²) in [6.45, 7) is 2.17. The van der Waals surface area contributed by atoms with E-state index in [-0.39, 0.29) is 0 Å². The summed E-state index contributed by atoms with van der Waals surface area (Å²) < 4.78 is 0. The van der Waals surface area contributed by atoms with Crippen LogP contribution in [0.25, 0.3) is 0 Å². The fraction of sp³-hybridized carbons (Fsp3) is 0.353. The highest BCUT2D eigenvalue weighted by atomic mass is 16.3. The van der Waals surface area contributed by atoms with Crippen molar-refractivity contribution < 1.29 is 5.11 Å². The molecule has 1 aromatic heterocycles. The molecule has 2 aromatic rings. The van der Waals surface area contributed by atoms with Crippen LogP contribution < -0.4 is 0 Å². The Hall–Kier alpha value is -1.67. The molecule has 1 atom stereocenters. The lowest BCUT2D eigenvalue weighted by Gasteiger charge is -2.12. The Balaban J connectivity index is 1.95. The largest absolute Gasteiger partial charge is 0.388 e. The molecule has 0 bridgehead atoms. The van der Waals surface area contributed by atoms with Gasteiger partial charge in [-0.05, 0) is 42.5 Å². The van der Waals surface area contributed by atoms with Crippen LogP contribution in [0, 0.1) is 0 Å². The molecule has 19 heavy (non-hydrogen) atoms. The van der Waals surface area contributed by atoms with Crippen molar-refractivity contribution in [2.24, 2.45) is 0 Å². The SMILES string of the molecule is CCCc1cccc(C(O)CCc2ccccn2)c1. The van der Waals surface area contributed by atoms with Crippen molar-refractivity contribution >= 4 is 0 Å². The Kier molecular flexibility index (Phi) is 5.10. The summed E-state index contributed by atoms with van der Waals surface area (Å²) in [5, 5.41) is 10.2. The molecule has 0 aliphatic heterocycles. The second kappa shape index (κ2) is 7.05. The molecule has 0 radical (unpaired) electrons. The van der Waals surface area contributed by atoms with Crippen molar-refractivity contribution in [3.8, 4) is 0 Å². The number of aromatic nitrogens is 1. The number of aliphatic hydroxyl groups excluding tert-OH is 1. The minimum absolute atomic E-state index is 0.404. The quantitative estimate of drug-likeness (QED) is 0.853. The lowest BCUT2D eigenvalue weighted by atomic mass is 10.00. The summed E-state index contributed by atoms with van der Waals surface area (Å²) in [5.74, 6) is 0. The number of rotatable bonds is 6. The van der Waals surface area contributed by atoms with Gasteiger partial charge in [0.2, 0.25) is 0 Å². The molecule has 0 fully saturated rings. The number of pyridine rings is 1. The highest BCUT2D eigenvalue weighted by Gasteiger charge is 2.08. The van der Waals surface area contributed by atoms with Gasteiger partial charge in [-0.15, -0.1) is 0 Å². The van der Waals surface area contributed by atoms with Crippen LogP contribution in [0.5, 0.6) is 0 Å². The van der Waals surface area contributed by atoms with Gasteiger partial charge in [-0.25, -0.2) is 0 Å². The summed E-state index contributed by atoms with van der Waals surface area (Å²) in [6.07, 6.45) is 5.11. The number of hydrogen-bond donors (Lipinski definition) is 1. The Labute approximate surface area is 115 Å². The van der Waals surface area contributed by atoms with E-state index in [1.807, 2.05) is 30.3 Å². The molecule has 2 heteroatoms. The van der Waals surface area contributed by atoms with Crippen LogP contribution >= 0.6 is 0 Å². The molecule has 0 aliphatic rings. The molecule has 0 saturated carbocycles. The average molecular weight is 255 g/mol. The summed E-state index contributed by atoms with van der Waals surface area (Å²) in [4.78, 5) is 4.28. The summed E-state index contributed by atoms with van der Waals surface area (Å²) in [7, 11) is 0. The second-order valence-corrected chi connectivity index (χ2v) is 4.87. The zero-order valence-electron chi connectivity index (χ0n) is 11.4. The lowest BCUT2D eigenvalue weighted by molar-refractivity contribution is 0.167. The smallest absolute Gasteiger partial charge is 0.0793 e. The fourth-order valence-electron chi connectivity index (χ4n) is 2.24. The maximum Gasteiger partial charge on any atom is 0.0793 e. The number of nitrogens with zero attached hydrogens (tertiary/aromatic N) is 1. The lowest BCUT2D eigenvalue weighted by Crippen LogP contribution is -2.01. The minimum atomic E-state index is -0.404. The van der Waals surface area contributed by atoms with Crippen molar-refractivity contribution in [1.82, 2.24) is 4.98 Å². The standard InChI is InChI=1S/C17H21NO/c1-2-6-14-7-5-8-15(13-14)17(19)11-10-16-9-3-4-12-18-16/h3-5,7-9,12-13,17,19H,2,6,10-11H2,1H3. The van der Waals surface area contributed by atoms with Gasteiger partial charge in [0.05, 0.1) is 6.10 Å². The average Bonchev–Trinajstić information content (AvgIpc) is 2.46. The van der Waals surface area contributed by atoms with E-state index in [9.17, 15) is 5.11 Å². The molecule has 0 spiro atoms. The maximum absolute atomic E-state index is 10.2. The van der Waals surface area contributed by atoms with E-state index in [1.165, 1.54) is 5.56 Å². The highest BCUT2D eigenvalue weighted by molar-refractivity contribution is 5.25. The van der Waals surface area contributed by atoms with E-state index in [2.05, 4.69) is 24.0 Å². The minimum Gasteiger partial charge on any atom is -0.388 e. The third-order valence-corrected chi connectivity index (χ3v) is 3.27. The number of hydrogen-bond acceptors (Lipinski definition) is 2. The van der Waals surface area contributed by atoms with Gasteiger partial charge in [0, 0.05) is 11.9 Å². The Morgan fingerprint density at radius 1 is 1.11 bits per heavy atom. The van der Waals surface area contributed by atoms with Crippen LogP contribution in [0.1, 0.15) is 42.7 Å². The number of benzene rings is 1. The fourth-order valence-corrected chi connectivity index (χ4v) is 2.24. The van der Waals surface area contributed by atoms with Crippen molar-refractivity contribution in [3.05, 3.63) is 65.5 Å². The number of aryl methyl sites for hydroxylation is 2. The van der Waals surface area contributed by atoms with Gasteiger partial charge in [-0.3, -0.25) is 4.98 Å². The van der Waals surface area contributed by atoms with E-state index < -0.39 is 6.10 Å². The predicted molar refractivity (Wildman–Crippen MR) is 78.0 cm³/mol. The van der Waals surface area contributed by atoms with E-state index in [0.717, 1.165) is 30.5 Å². The molecule has 0 aliphatic carbocycles. The summed E-state index contributed by atoms with van der Waals surface area (Å²) in [6, 6.07) is 14.2. The Morgan fingerprint density at radius 2 is 2.00 bits per heavy atom. The third kappa shape index (κ3) is 4.18. The molecule has 0 saturated heterocycles. The molecule has 1 N–H and O–H groups in total. The predicted octanol–water partition coefficient (Wildman–Crippen LogP) is 3.70. The third-order valence-electron chi connectivity index (χ3n) is 3.27.